The minimum absolute atomic E-state index is 0.0453. The van der Waals surface area contributed by atoms with Gasteiger partial charge in [0.1, 0.15) is 0 Å². The molecule has 1 N–H and O–H groups in total. The van der Waals surface area contributed by atoms with Crippen LogP contribution in [0.25, 0.3) is 0 Å². The van der Waals surface area contributed by atoms with Gasteiger partial charge < -0.3 is 10.2 Å². The van der Waals surface area contributed by atoms with Crippen LogP contribution in [0.3, 0.4) is 0 Å². The van der Waals surface area contributed by atoms with Crippen molar-refractivity contribution in [1.29, 1.82) is 0 Å². The van der Waals surface area contributed by atoms with E-state index in [1.54, 1.807) is 12.1 Å². The van der Waals surface area contributed by atoms with Crippen molar-refractivity contribution in [3.8, 4) is 0 Å². The van der Waals surface area contributed by atoms with Crippen molar-refractivity contribution < 1.29 is 22.8 Å². The van der Waals surface area contributed by atoms with Gasteiger partial charge in [0.15, 0.2) is 9.84 Å². The number of sulfone groups is 1. The summed E-state index contributed by atoms with van der Waals surface area (Å²) in [5, 5.41) is 3.25. The molecule has 40 heavy (non-hydrogen) atoms. The molecule has 8 nitrogen and oxygen atoms in total. The van der Waals surface area contributed by atoms with E-state index < -0.39 is 15.3 Å². The summed E-state index contributed by atoms with van der Waals surface area (Å²) >= 11 is 0. The van der Waals surface area contributed by atoms with Crippen molar-refractivity contribution in [2.45, 2.75) is 69.9 Å². The lowest BCUT2D eigenvalue weighted by Crippen LogP contribution is -2.51. The molecule has 3 amide bonds. The minimum Gasteiger partial charge on any atom is -0.349 e. The Bertz CT molecular complexity index is 1300. The zero-order valence-corrected chi connectivity index (χ0v) is 24.6. The predicted molar refractivity (Wildman–Crippen MR) is 154 cm³/mol. The fraction of sp³-hybridized carbons (Fsp3) is 0.516. The van der Waals surface area contributed by atoms with Crippen LogP contribution in [0.15, 0.2) is 59.5 Å². The largest absolute Gasteiger partial charge is 0.349 e. The molecule has 4 rings (SSSR count). The standard InChI is InChI=1S/C31H41N3O5S/c1-4-31(30(37)34(23(2)35)22-24-10-14-27(15-11-24)40(3,38)39)17-20-33(21-18-31)19-16-28(25-8-6-5-7-9-25)32-29(36)26-12-13-26/h5-11,14-15,26,28H,4,12-13,16-22H2,1-3H3,(H,32,36)/t28-/m0/s1. The molecule has 2 aromatic rings. The Morgan fingerprint density at radius 3 is 2.17 bits per heavy atom. The first-order chi connectivity index (χ1) is 19.0. The van der Waals surface area contributed by atoms with Crippen molar-refractivity contribution in [3.63, 3.8) is 0 Å². The second-order valence-electron chi connectivity index (χ2n) is 11.3. The normalized spacial score (nSPS) is 18.1. The monoisotopic (exact) mass is 567 g/mol. The lowest BCUT2D eigenvalue weighted by molar-refractivity contribution is -0.154. The maximum atomic E-state index is 13.8. The molecule has 0 spiro atoms. The molecular weight excluding hydrogens is 526 g/mol. The minimum atomic E-state index is -3.32. The summed E-state index contributed by atoms with van der Waals surface area (Å²) in [5.41, 5.74) is 1.20. The Balaban J connectivity index is 1.38. The van der Waals surface area contributed by atoms with E-state index in [-0.39, 0.29) is 41.1 Å². The average molecular weight is 568 g/mol. The zero-order valence-electron chi connectivity index (χ0n) is 23.8. The molecule has 0 radical (unpaired) electrons. The van der Waals surface area contributed by atoms with Crippen LogP contribution in [0.5, 0.6) is 0 Å². The molecule has 1 heterocycles. The van der Waals surface area contributed by atoms with Crippen molar-refractivity contribution in [2.24, 2.45) is 11.3 Å². The third kappa shape index (κ3) is 7.37. The number of piperidine rings is 1. The fourth-order valence-electron chi connectivity index (χ4n) is 5.51. The van der Waals surface area contributed by atoms with Gasteiger partial charge >= 0.3 is 0 Å². The van der Waals surface area contributed by atoms with Crippen LogP contribution in [0, 0.1) is 11.3 Å². The Morgan fingerprint density at radius 1 is 1.02 bits per heavy atom. The van der Waals surface area contributed by atoms with E-state index in [2.05, 4.69) is 22.3 Å². The molecule has 0 unspecified atom stereocenters. The van der Waals surface area contributed by atoms with E-state index >= 15 is 0 Å². The quantitative estimate of drug-likeness (QED) is 0.438. The second kappa shape index (κ2) is 12.6. The maximum absolute atomic E-state index is 13.8. The van der Waals surface area contributed by atoms with E-state index in [9.17, 15) is 22.8 Å². The van der Waals surface area contributed by atoms with Crippen molar-refractivity contribution >= 4 is 27.6 Å². The Kier molecular flexibility index (Phi) is 9.46. The Hall–Kier alpha value is -3.04. The number of amides is 3. The topological polar surface area (TPSA) is 104 Å². The summed E-state index contributed by atoms with van der Waals surface area (Å²) in [7, 11) is -3.32. The molecule has 2 fully saturated rings. The van der Waals surface area contributed by atoms with Crippen LogP contribution < -0.4 is 5.32 Å². The van der Waals surface area contributed by atoms with Crippen LogP contribution in [0.1, 0.15) is 69.5 Å². The van der Waals surface area contributed by atoms with Crippen LogP contribution in [-0.4, -0.2) is 61.8 Å². The summed E-state index contributed by atoms with van der Waals surface area (Å²) in [6.07, 6.45) is 5.83. The van der Waals surface area contributed by atoms with E-state index in [1.165, 1.54) is 24.0 Å². The van der Waals surface area contributed by atoms with E-state index in [1.807, 2.05) is 25.1 Å². The average Bonchev–Trinajstić information content (AvgIpc) is 3.80. The molecule has 1 saturated heterocycles. The Morgan fingerprint density at radius 2 is 1.65 bits per heavy atom. The van der Waals surface area contributed by atoms with Crippen molar-refractivity contribution in [2.75, 3.05) is 25.9 Å². The Labute approximate surface area is 238 Å². The van der Waals surface area contributed by atoms with E-state index in [0.29, 0.717) is 24.8 Å². The molecule has 0 bridgehead atoms. The molecule has 0 aromatic heterocycles. The first-order valence-corrected chi connectivity index (χ1v) is 16.1. The van der Waals surface area contributed by atoms with Gasteiger partial charge in [0, 0.05) is 25.6 Å². The molecule has 1 aliphatic heterocycles. The zero-order chi connectivity index (χ0) is 28.9. The third-order valence-electron chi connectivity index (χ3n) is 8.46. The highest BCUT2D eigenvalue weighted by molar-refractivity contribution is 7.90. The summed E-state index contributed by atoms with van der Waals surface area (Å²) in [6.45, 7) is 5.82. The summed E-state index contributed by atoms with van der Waals surface area (Å²) in [6, 6.07) is 16.4. The van der Waals surface area contributed by atoms with E-state index in [4.69, 9.17) is 0 Å². The van der Waals surface area contributed by atoms with Crippen LogP contribution in [0.2, 0.25) is 0 Å². The number of rotatable bonds is 11. The van der Waals surface area contributed by atoms with Gasteiger partial charge in [-0.2, -0.15) is 0 Å². The third-order valence-corrected chi connectivity index (χ3v) is 9.59. The number of nitrogens with one attached hydrogen (secondary N) is 1. The summed E-state index contributed by atoms with van der Waals surface area (Å²) in [5.74, 6) is -0.185. The molecule has 1 aliphatic carbocycles. The van der Waals surface area contributed by atoms with Gasteiger partial charge in [-0.05, 0) is 74.9 Å². The van der Waals surface area contributed by atoms with Crippen molar-refractivity contribution in [1.82, 2.24) is 15.1 Å². The SMILES string of the molecule is CCC1(C(=O)N(Cc2ccc(S(C)(=O)=O)cc2)C(C)=O)CCN(CC[C@H](NC(=O)C2CC2)c2ccccc2)CC1. The highest BCUT2D eigenvalue weighted by atomic mass is 32.2. The van der Waals surface area contributed by atoms with Crippen LogP contribution in [0.4, 0.5) is 0 Å². The van der Waals surface area contributed by atoms with Crippen LogP contribution in [-0.2, 0) is 30.8 Å². The first kappa shape index (κ1) is 29.9. The number of likely N-dealkylation sites (tertiary alicyclic amines) is 1. The number of hydrogen-bond donors (Lipinski definition) is 1. The van der Waals surface area contributed by atoms with Gasteiger partial charge in [0.2, 0.25) is 17.7 Å². The molecule has 9 heteroatoms. The highest BCUT2D eigenvalue weighted by Gasteiger charge is 2.43. The molecule has 1 saturated carbocycles. The smallest absolute Gasteiger partial charge is 0.235 e. The van der Waals surface area contributed by atoms with Gasteiger partial charge in [-0.1, -0.05) is 49.4 Å². The number of benzene rings is 2. The van der Waals surface area contributed by atoms with E-state index in [0.717, 1.165) is 50.7 Å². The van der Waals surface area contributed by atoms with Gasteiger partial charge in [0.05, 0.1) is 22.9 Å². The van der Waals surface area contributed by atoms with Crippen molar-refractivity contribution in [3.05, 3.63) is 65.7 Å². The highest BCUT2D eigenvalue weighted by Crippen LogP contribution is 2.38. The molecule has 2 aromatic carbocycles. The molecule has 2 aliphatic rings. The van der Waals surface area contributed by atoms with Gasteiger partial charge in [-0.3, -0.25) is 19.3 Å². The lowest BCUT2D eigenvalue weighted by Gasteiger charge is -2.42. The number of carbonyl (C=O) groups excluding carboxylic acids is 3. The van der Waals surface area contributed by atoms with Gasteiger partial charge in [-0.15, -0.1) is 0 Å². The predicted octanol–water partition coefficient (Wildman–Crippen LogP) is 4.12. The van der Waals surface area contributed by atoms with Gasteiger partial charge in [0.25, 0.3) is 0 Å². The van der Waals surface area contributed by atoms with Crippen LogP contribution >= 0.6 is 0 Å². The van der Waals surface area contributed by atoms with Gasteiger partial charge in [-0.25, -0.2) is 8.42 Å². The number of hydrogen-bond acceptors (Lipinski definition) is 6. The lowest BCUT2D eigenvalue weighted by atomic mass is 9.74. The maximum Gasteiger partial charge on any atom is 0.235 e. The second-order valence-corrected chi connectivity index (χ2v) is 13.4. The summed E-state index contributed by atoms with van der Waals surface area (Å²) < 4.78 is 23.6. The first-order valence-electron chi connectivity index (χ1n) is 14.2. The number of imide groups is 1. The molecule has 1 atom stereocenters. The molecular formula is C31H41N3O5S. The fourth-order valence-corrected chi connectivity index (χ4v) is 6.15. The summed E-state index contributed by atoms with van der Waals surface area (Å²) in [4.78, 5) is 42.8. The number of carbonyl (C=O) groups is 3. The number of nitrogens with zero attached hydrogens (tertiary/aromatic N) is 2. The molecule has 216 valence electrons.